The van der Waals surface area contributed by atoms with E-state index in [4.69, 9.17) is 15.8 Å². The fourth-order valence-electron chi connectivity index (χ4n) is 2.75. The molecule has 3 atom stereocenters. The van der Waals surface area contributed by atoms with E-state index in [-0.39, 0.29) is 16.7 Å². The Morgan fingerprint density at radius 3 is 2.89 bits per heavy atom. The lowest BCUT2D eigenvalue weighted by Crippen LogP contribution is -2.29. The van der Waals surface area contributed by atoms with Gasteiger partial charge in [-0.1, -0.05) is 12.1 Å². The summed E-state index contributed by atoms with van der Waals surface area (Å²) in [7, 11) is -0.960. The number of nitro groups is 1. The average Bonchev–Trinajstić information content (AvgIpc) is 2.96. The Hall–Kier alpha value is -0.740. The normalized spacial score (nSPS) is 30.5. The summed E-state index contributed by atoms with van der Waals surface area (Å²) >= 11 is 6.22. The topological polar surface area (TPSA) is 55.6 Å². The lowest BCUT2D eigenvalue weighted by atomic mass is 10.0. The van der Waals surface area contributed by atoms with Crippen LogP contribution in [0, 0.1) is 10.1 Å². The van der Waals surface area contributed by atoms with Gasteiger partial charge in [-0.3, -0.25) is 10.1 Å². The van der Waals surface area contributed by atoms with Crippen LogP contribution in [0.25, 0.3) is 0 Å². The number of hydrogen-bond acceptors (Lipinski definition) is 4. The Morgan fingerprint density at radius 2 is 2.21 bits per heavy atom. The van der Waals surface area contributed by atoms with Gasteiger partial charge in [0.15, 0.2) is 0 Å². The molecule has 3 rings (SSSR count). The molecule has 0 amide bonds. The van der Waals surface area contributed by atoms with Crippen molar-refractivity contribution in [3.05, 3.63) is 39.9 Å². The minimum atomic E-state index is -0.960. The third-order valence-corrected chi connectivity index (χ3v) is 5.87. The van der Waals surface area contributed by atoms with Crippen LogP contribution >= 0.6 is 18.9 Å². The minimum Gasteiger partial charge on any atom is -0.326 e. The van der Waals surface area contributed by atoms with Crippen molar-refractivity contribution in [2.45, 2.75) is 31.4 Å². The van der Waals surface area contributed by atoms with Crippen LogP contribution in [-0.2, 0) is 10.9 Å². The largest absolute Gasteiger partial charge is 0.326 e. The van der Waals surface area contributed by atoms with Crippen molar-refractivity contribution < 1.29 is 9.45 Å². The SMILES string of the molecule is O=[N+]([O-])c1ccc(C[C@H]2OP(Cl)N3CCC[C@@H]23)cc1. The molecule has 7 heteroatoms. The van der Waals surface area contributed by atoms with Gasteiger partial charge in [0.1, 0.15) is 0 Å². The molecule has 0 aromatic heterocycles. The predicted molar refractivity (Wildman–Crippen MR) is 74.2 cm³/mol. The maximum atomic E-state index is 10.6. The maximum absolute atomic E-state index is 10.6. The zero-order valence-electron chi connectivity index (χ0n) is 10.2. The monoisotopic (exact) mass is 300 g/mol. The van der Waals surface area contributed by atoms with E-state index in [2.05, 4.69) is 4.67 Å². The summed E-state index contributed by atoms with van der Waals surface area (Å²) in [6.07, 6.45) is 3.19. The summed E-state index contributed by atoms with van der Waals surface area (Å²) < 4.78 is 8.09. The van der Waals surface area contributed by atoms with Gasteiger partial charge in [-0.25, -0.2) is 4.67 Å². The number of nitrogens with zero attached hydrogens (tertiary/aromatic N) is 2. The molecule has 0 bridgehead atoms. The molecule has 2 aliphatic rings. The Balaban J connectivity index is 1.69. The van der Waals surface area contributed by atoms with E-state index in [0.29, 0.717) is 6.04 Å². The highest BCUT2D eigenvalue weighted by Crippen LogP contribution is 2.58. The number of fused-ring (bicyclic) bond motifs is 1. The van der Waals surface area contributed by atoms with Crippen LogP contribution in [0.4, 0.5) is 5.69 Å². The molecule has 2 heterocycles. The minimum absolute atomic E-state index is 0.118. The highest BCUT2D eigenvalue weighted by Gasteiger charge is 2.44. The first-order valence-corrected chi connectivity index (χ1v) is 8.39. The van der Waals surface area contributed by atoms with Crippen LogP contribution in [0.5, 0.6) is 0 Å². The maximum Gasteiger partial charge on any atom is 0.269 e. The molecule has 5 nitrogen and oxygen atoms in total. The van der Waals surface area contributed by atoms with E-state index in [1.807, 2.05) is 0 Å². The first-order chi connectivity index (χ1) is 9.15. The number of hydrogen-bond donors (Lipinski definition) is 0. The first kappa shape index (κ1) is 13.3. The van der Waals surface area contributed by atoms with Crippen molar-refractivity contribution in [1.82, 2.24) is 4.67 Å². The van der Waals surface area contributed by atoms with Crippen molar-refractivity contribution in [3.8, 4) is 0 Å². The van der Waals surface area contributed by atoms with Gasteiger partial charge in [0.2, 0.25) is 7.65 Å². The number of nitro benzene ring substituents is 1. The summed E-state index contributed by atoms with van der Waals surface area (Å²) in [5, 5.41) is 10.6. The standard InChI is InChI=1S/C12H14ClN2O3P/c13-19-14-7-1-2-11(14)12(18-19)8-9-3-5-10(6-4-9)15(16)17/h3-6,11-12H,1-2,7-8H2/t11-,12+,19?/m0/s1. The molecule has 2 fully saturated rings. The van der Waals surface area contributed by atoms with Crippen LogP contribution in [0.15, 0.2) is 24.3 Å². The third kappa shape index (κ3) is 2.61. The molecule has 0 saturated carbocycles. The fourth-order valence-corrected chi connectivity index (χ4v) is 4.98. The Morgan fingerprint density at radius 1 is 1.47 bits per heavy atom. The Kier molecular flexibility index (Phi) is 3.72. The molecule has 102 valence electrons. The quantitative estimate of drug-likeness (QED) is 0.487. The molecule has 19 heavy (non-hydrogen) atoms. The van der Waals surface area contributed by atoms with Crippen molar-refractivity contribution in [3.63, 3.8) is 0 Å². The van der Waals surface area contributed by atoms with Gasteiger partial charge in [0, 0.05) is 31.1 Å². The molecule has 2 aliphatic heterocycles. The van der Waals surface area contributed by atoms with Crippen molar-refractivity contribution >= 4 is 24.6 Å². The molecular formula is C12H14ClN2O3P. The summed E-state index contributed by atoms with van der Waals surface area (Å²) in [5.74, 6) is 0. The summed E-state index contributed by atoms with van der Waals surface area (Å²) in [6, 6.07) is 7.10. The Bertz CT molecular complexity index is 484. The van der Waals surface area contributed by atoms with Crippen LogP contribution in [0.2, 0.25) is 0 Å². The smallest absolute Gasteiger partial charge is 0.269 e. The van der Waals surface area contributed by atoms with E-state index >= 15 is 0 Å². The number of halogens is 1. The lowest BCUT2D eigenvalue weighted by molar-refractivity contribution is -0.384. The zero-order chi connectivity index (χ0) is 13.4. The molecular weight excluding hydrogens is 287 g/mol. The number of non-ortho nitro benzene ring substituents is 1. The molecule has 1 aromatic rings. The highest BCUT2D eigenvalue weighted by atomic mass is 35.7. The van der Waals surface area contributed by atoms with Crippen molar-refractivity contribution in [1.29, 1.82) is 0 Å². The molecule has 1 unspecified atom stereocenters. The molecule has 0 aliphatic carbocycles. The summed E-state index contributed by atoms with van der Waals surface area (Å²) in [4.78, 5) is 10.2. The molecule has 0 spiro atoms. The second kappa shape index (κ2) is 5.33. The number of benzene rings is 1. The van der Waals surface area contributed by atoms with Crippen LogP contribution in [0.3, 0.4) is 0 Å². The second-order valence-electron chi connectivity index (χ2n) is 4.87. The van der Waals surface area contributed by atoms with Gasteiger partial charge in [0.05, 0.1) is 11.0 Å². The van der Waals surface area contributed by atoms with Gasteiger partial charge >= 0.3 is 0 Å². The molecule has 0 N–H and O–H groups in total. The number of rotatable bonds is 3. The van der Waals surface area contributed by atoms with Crippen molar-refractivity contribution in [2.24, 2.45) is 0 Å². The van der Waals surface area contributed by atoms with E-state index < -0.39 is 7.65 Å². The van der Waals surface area contributed by atoms with E-state index in [9.17, 15) is 10.1 Å². The van der Waals surface area contributed by atoms with Crippen LogP contribution in [0.1, 0.15) is 18.4 Å². The molecule has 0 radical (unpaired) electrons. The average molecular weight is 301 g/mol. The van der Waals surface area contributed by atoms with Gasteiger partial charge in [-0.15, -0.1) is 0 Å². The van der Waals surface area contributed by atoms with Gasteiger partial charge in [-0.05, 0) is 29.6 Å². The first-order valence-electron chi connectivity index (χ1n) is 6.28. The van der Waals surface area contributed by atoms with Crippen LogP contribution < -0.4 is 0 Å². The fraction of sp³-hybridized carbons (Fsp3) is 0.500. The van der Waals surface area contributed by atoms with Gasteiger partial charge in [0.25, 0.3) is 5.69 Å². The lowest BCUT2D eigenvalue weighted by Gasteiger charge is -2.16. The molecule has 1 aromatic carbocycles. The predicted octanol–water partition coefficient (Wildman–Crippen LogP) is 3.47. The zero-order valence-corrected chi connectivity index (χ0v) is 11.9. The molecule has 2 saturated heterocycles. The van der Waals surface area contributed by atoms with E-state index in [1.54, 1.807) is 24.3 Å². The Labute approximate surface area is 117 Å². The van der Waals surface area contributed by atoms with Gasteiger partial charge < -0.3 is 4.52 Å². The van der Waals surface area contributed by atoms with E-state index in [0.717, 1.165) is 24.9 Å². The summed E-state index contributed by atoms with van der Waals surface area (Å²) in [5.41, 5.74) is 1.18. The highest BCUT2D eigenvalue weighted by molar-refractivity contribution is 7.78. The van der Waals surface area contributed by atoms with Gasteiger partial charge in [-0.2, -0.15) is 0 Å². The third-order valence-electron chi connectivity index (χ3n) is 3.71. The summed E-state index contributed by atoms with van der Waals surface area (Å²) in [6.45, 7) is 1.02. The van der Waals surface area contributed by atoms with Crippen molar-refractivity contribution in [2.75, 3.05) is 6.54 Å². The van der Waals surface area contributed by atoms with Crippen LogP contribution in [-0.4, -0.2) is 28.3 Å². The second-order valence-corrected chi connectivity index (χ2v) is 6.92. The van der Waals surface area contributed by atoms with E-state index in [1.165, 1.54) is 6.42 Å².